The van der Waals surface area contributed by atoms with Crippen LogP contribution in [0.15, 0.2) is 30.6 Å². The van der Waals surface area contributed by atoms with E-state index < -0.39 is 5.97 Å². The fraction of sp³-hybridized carbons (Fsp3) is 0.267. The summed E-state index contributed by atoms with van der Waals surface area (Å²) in [6.45, 7) is 0. The molecule has 1 heterocycles. The van der Waals surface area contributed by atoms with Gasteiger partial charge in [-0.05, 0) is 30.2 Å². The number of aromatic nitrogens is 2. The molecule has 0 fully saturated rings. The second-order valence-corrected chi connectivity index (χ2v) is 4.79. The van der Waals surface area contributed by atoms with Gasteiger partial charge in [0.1, 0.15) is 5.75 Å². The number of amides is 1. The third kappa shape index (κ3) is 3.85. The average Bonchev–Trinajstić information content (AvgIpc) is 2.91. The van der Waals surface area contributed by atoms with Gasteiger partial charge < -0.3 is 15.2 Å². The number of nitrogens with one attached hydrogen (secondary N) is 1. The molecule has 2 N–H and O–H groups in total. The van der Waals surface area contributed by atoms with Gasteiger partial charge in [0.05, 0.1) is 24.6 Å². The van der Waals surface area contributed by atoms with Crippen LogP contribution >= 0.6 is 0 Å². The lowest BCUT2D eigenvalue weighted by molar-refractivity contribution is -0.116. The zero-order chi connectivity index (χ0) is 16.1. The second-order valence-electron chi connectivity index (χ2n) is 4.79. The van der Waals surface area contributed by atoms with Gasteiger partial charge in [-0.1, -0.05) is 0 Å². The summed E-state index contributed by atoms with van der Waals surface area (Å²) in [7, 11) is 3.24. The molecule has 2 aromatic rings. The maximum Gasteiger partial charge on any atom is 0.335 e. The molecule has 22 heavy (non-hydrogen) atoms. The maximum absolute atomic E-state index is 12.0. The topological polar surface area (TPSA) is 93.4 Å². The lowest BCUT2D eigenvalue weighted by Gasteiger charge is -2.10. The molecular formula is C15H17N3O4. The number of rotatable bonds is 6. The van der Waals surface area contributed by atoms with Gasteiger partial charge in [0.25, 0.3) is 0 Å². The predicted molar refractivity (Wildman–Crippen MR) is 80.1 cm³/mol. The summed E-state index contributed by atoms with van der Waals surface area (Å²) in [5.41, 5.74) is 1.53. The van der Waals surface area contributed by atoms with E-state index in [2.05, 4.69) is 10.4 Å². The van der Waals surface area contributed by atoms with E-state index in [-0.39, 0.29) is 11.5 Å². The number of methoxy groups -OCH3 is 1. The van der Waals surface area contributed by atoms with Crippen LogP contribution in [0.1, 0.15) is 22.3 Å². The van der Waals surface area contributed by atoms with Gasteiger partial charge in [0.2, 0.25) is 5.91 Å². The first-order valence-corrected chi connectivity index (χ1v) is 6.68. The minimum Gasteiger partial charge on any atom is -0.495 e. The number of nitrogens with zero attached hydrogens (tertiary/aromatic N) is 2. The monoisotopic (exact) mass is 303 g/mol. The highest BCUT2D eigenvalue weighted by molar-refractivity contribution is 5.94. The highest BCUT2D eigenvalue weighted by Crippen LogP contribution is 2.25. The Morgan fingerprint density at radius 3 is 2.77 bits per heavy atom. The number of aryl methyl sites for hydroxylation is 2. The van der Waals surface area contributed by atoms with Gasteiger partial charge in [0, 0.05) is 19.7 Å². The van der Waals surface area contributed by atoms with Crippen LogP contribution < -0.4 is 10.1 Å². The molecule has 0 saturated carbocycles. The summed E-state index contributed by atoms with van der Waals surface area (Å²) in [6.07, 6.45) is 4.45. The van der Waals surface area contributed by atoms with Crippen LogP contribution in [0.5, 0.6) is 5.75 Å². The highest BCUT2D eigenvalue weighted by atomic mass is 16.5. The first-order chi connectivity index (χ1) is 10.5. The zero-order valence-electron chi connectivity index (χ0n) is 12.4. The van der Waals surface area contributed by atoms with Gasteiger partial charge in [0.15, 0.2) is 0 Å². The number of hydrogen-bond acceptors (Lipinski definition) is 4. The van der Waals surface area contributed by atoms with E-state index >= 15 is 0 Å². The summed E-state index contributed by atoms with van der Waals surface area (Å²) >= 11 is 0. The third-order valence-corrected chi connectivity index (χ3v) is 3.12. The smallest absolute Gasteiger partial charge is 0.335 e. The fourth-order valence-corrected chi connectivity index (χ4v) is 2.00. The molecule has 0 unspecified atom stereocenters. The Balaban J connectivity index is 2.00. The van der Waals surface area contributed by atoms with Gasteiger partial charge >= 0.3 is 5.97 Å². The Kier molecular flexibility index (Phi) is 4.77. The number of carboxylic acid groups (broad SMARTS) is 1. The van der Waals surface area contributed by atoms with Gasteiger partial charge in [-0.25, -0.2) is 4.79 Å². The van der Waals surface area contributed by atoms with Crippen LogP contribution in [0.2, 0.25) is 0 Å². The van der Waals surface area contributed by atoms with E-state index in [1.807, 2.05) is 13.2 Å². The van der Waals surface area contributed by atoms with Crippen molar-refractivity contribution in [3.63, 3.8) is 0 Å². The van der Waals surface area contributed by atoms with Gasteiger partial charge in [-0.2, -0.15) is 5.10 Å². The number of aromatic carboxylic acids is 1. The van der Waals surface area contributed by atoms with E-state index in [4.69, 9.17) is 9.84 Å². The molecular weight excluding hydrogens is 286 g/mol. The normalized spacial score (nSPS) is 10.3. The molecule has 1 aromatic heterocycles. The van der Waals surface area contributed by atoms with Gasteiger partial charge in [-0.3, -0.25) is 9.48 Å². The molecule has 116 valence electrons. The van der Waals surface area contributed by atoms with Crippen molar-refractivity contribution in [2.75, 3.05) is 12.4 Å². The minimum absolute atomic E-state index is 0.102. The Bertz CT molecular complexity index is 694. The number of anilines is 1. The lowest BCUT2D eigenvalue weighted by Crippen LogP contribution is -2.13. The number of hydrogen-bond donors (Lipinski definition) is 2. The first-order valence-electron chi connectivity index (χ1n) is 6.68. The quantitative estimate of drug-likeness (QED) is 0.847. The van der Waals surface area contributed by atoms with Crippen LogP contribution in [0.3, 0.4) is 0 Å². The van der Waals surface area contributed by atoms with Crippen LogP contribution in [-0.4, -0.2) is 33.9 Å². The standard InChI is InChI=1S/C15H17N3O4/c1-18-9-10(8-16-18)3-6-14(19)17-12-5-4-11(15(20)21)7-13(12)22-2/h4-5,7-9H,3,6H2,1-2H3,(H,17,19)(H,20,21). The summed E-state index contributed by atoms with van der Waals surface area (Å²) in [6, 6.07) is 4.31. The molecule has 7 nitrogen and oxygen atoms in total. The van der Waals surface area contributed by atoms with E-state index in [1.54, 1.807) is 10.9 Å². The number of ether oxygens (including phenoxy) is 1. The molecule has 1 amide bonds. The first kappa shape index (κ1) is 15.6. The Hall–Kier alpha value is -2.83. The predicted octanol–water partition coefficient (Wildman–Crippen LogP) is 1.70. The van der Waals surface area contributed by atoms with Crippen molar-refractivity contribution in [1.29, 1.82) is 0 Å². The van der Waals surface area contributed by atoms with Crippen molar-refractivity contribution in [3.8, 4) is 5.75 Å². The number of benzene rings is 1. The molecule has 0 aliphatic rings. The lowest BCUT2D eigenvalue weighted by atomic mass is 10.1. The van der Waals surface area contributed by atoms with Crippen molar-refractivity contribution in [2.24, 2.45) is 7.05 Å². The largest absolute Gasteiger partial charge is 0.495 e. The van der Waals surface area contributed by atoms with Crippen molar-refractivity contribution in [1.82, 2.24) is 9.78 Å². The van der Waals surface area contributed by atoms with Crippen LogP contribution in [0, 0.1) is 0 Å². The van der Waals surface area contributed by atoms with Crippen molar-refractivity contribution in [2.45, 2.75) is 12.8 Å². The third-order valence-electron chi connectivity index (χ3n) is 3.12. The molecule has 0 aliphatic carbocycles. The molecule has 0 atom stereocenters. The number of carboxylic acids is 1. The Labute approximate surface area is 127 Å². The molecule has 0 aliphatic heterocycles. The Morgan fingerprint density at radius 2 is 2.18 bits per heavy atom. The summed E-state index contributed by atoms with van der Waals surface area (Å²) in [5.74, 6) is -0.910. The average molecular weight is 303 g/mol. The second kappa shape index (κ2) is 6.75. The molecule has 1 aromatic carbocycles. The molecule has 0 saturated heterocycles. The van der Waals surface area contributed by atoms with Crippen molar-refractivity contribution in [3.05, 3.63) is 41.7 Å². The van der Waals surface area contributed by atoms with Gasteiger partial charge in [-0.15, -0.1) is 0 Å². The number of carbonyl (C=O) groups is 2. The SMILES string of the molecule is COc1cc(C(=O)O)ccc1NC(=O)CCc1cnn(C)c1. The molecule has 0 spiro atoms. The number of carbonyl (C=O) groups excluding carboxylic acids is 1. The van der Waals surface area contributed by atoms with E-state index in [9.17, 15) is 9.59 Å². The van der Waals surface area contributed by atoms with Crippen molar-refractivity contribution >= 4 is 17.6 Å². The maximum atomic E-state index is 12.0. The summed E-state index contributed by atoms with van der Waals surface area (Å²) < 4.78 is 6.79. The minimum atomic E-state index is -1.05. The molecule has 7 heteroatoms. The Morgan fingerprint density at radius 1 is 1.41 bits per heavy atom. The summed E-state index contributed by atoms with van der Waals surface area (Å²) in [4.78, 5) is 22.9. The summed E-state index contributed by atoms with van der Waals surface area (Å²) in [5, 5.41) is 15.7. The van der Waals surface area contributed by atoms with E-state index in [0.29, 0.717) is 24.3 Å². The molecule has 0 bridgehead atoms. The van der Waals surface area contributed by atoms with Crippen LogP contribution in [-0.2, 0) is 18.3 Å². The van der Waals surface area contributed by atoms with E-state index in [1.165, 1.54) is 25.3 Å². The van der Waals surface area contributed by atoms with Crippen LogP contribution in [0.25, 0.3) is 0 Å². The highest BCUT2D eigenvalue weighted by Gasteiger charge is 2.11. The van der Waals surface area contributed by atoms with E-state index in [0.717, 1.165) is 5.56 Å². The van der Waals surface area contributed by atoms with Crippen LogP contribution in [0.4, 0.5) is 5.69 Å². The van der Waals surface area contributed by atoms with Crippen molar-refractivity contribution < 1.29 is 19.4 Å². The molecule has 2 rings (SSSR count). The molecule has 0 radical (unpaired) electrons. The zero-order valence-corrected chi connectivity index (χ0v) is 12.4. The fourth-order valence-electron chi connectivity index (χ4n) is 2.00.